The molecule has 0 saturated heterocycles. The summed E-state index contributed by atoms with van der Waals surface area (Å²) in [5.74, 6) is 0.0595. The average Bonchev–Trinajstić information content (AvgIpc) is 2.40. The second kappa shape index (κ2) is 3.43. The fourth-order valence-corrected chi connectivity index (χ4v) is 1.20. The molecule has 0 fully saturated rings. The topological polar surface area (TPSA) is 56.0 Å². The van der Waals surface area contributed by atoms with E-state index in [2.05, 4.69) is 4.37 Å². The van der Waals surface area contributed by atoms with E-state index in [0.717, 1.165) is 4.88 Å². The van der Waals surface area contributed by atoms with Gasteiger partial charge in [0.25, 0.3) is 0 Å². The number of carbonyl (C=O) groups is 1. The molecule has 1 rings (SSSR count). The third-order valence-corrected chi connectivity index (χ3v) is 1.83. The van der Waals surface area contributed by atoms with Crippen LogP contribution in [0.4, 0.5) is 0 Å². The van der Waals surface area contributed by atoms with Crippen molar-refractivity contribution in [2.75, 3.05) is 6.54 Å². The zero-order chi connectivity index (χ0) is 7.40. The number of rotatable bonds is 3. The van der Waals surface area contributed by atoms with Gasteiger partial charge >= 0.3 is 0 Å². The van der Waals surface area contributed by atoms with E-state index in [9.17, 15) is 4.79 Å². The van der Waals surface area contributed by atoms with Gasteiger partial charge in [-0.05, 0) is 17.6 Å². The lowest BCUT2D eigenvalue weighted by atomic mass is 10.2. The second-order valence-corrected chi connectivity index (χ2v) is 2.82. The summed E-state index contributed by atoms with van der Waals surface area (Å²) < 4.78 is 3.86. The quantitative estimate of drug-likeness (QED) is 0.680. The Morgan fingerprint density at radius 3 is 3.10 bits per heavy atom. The zero-order valence-corrected chi connectivity index (χ0v) is 6.23. The van der Waals surface area contributed by atoms with Crippen LogP contribution in [-0.2, 0) is 11.2 Å². The van der Waals surface area contributed by atoms with E-state index in [0.29, 0.717) is 6.42 Å². The van der Waals surface area contributed by atoms with Gasteiger partial charge < -0.3 is 5.73 Å². The molecule has 0 aliphatic rings. The van der Waals surface area contributed by atoms with E-state index in [-0.39, 0.29) is 12.3 Å². The highest BCUT2D eigenvalue weighted by molar-refractivity contribution is 7.05. The van der Waals surface area contributed by atoms with Crippen molar-refractivity contribution in [1.82, 2.24) is 4.37 Å². The third-order valence-electron chi connectivity index (χ3n) is 1.09. The van der Waals surface area contributed by atoms with Crippen molar-refractivity contribution < 1.29 is 4.79 Å². The normalized spacial score (nSPS) is 9.70. The molecule has 0 atom stereocenters. The number of aromatic nitrogens is 1. The Morgan fingerprint density at radius 2 is 2.60 bits per heavy atom. The molecule has 0 saturated carbocycles. The number of ketones is 1. The third kappa shape index (κ3) is 1.89. The van der Waals surface area contributed by atoms with E-state index >= 15 is 0 Å². The number of carbonyl (C=O) groups excluding carboxylic acids is 1. The minimum absolute atomic E-state index is 0.0595. The smallest absolute Gasteiger partial charge is 0.151 e. The van der Waals surface area contributed by atoms with Gasteiger partial charge in [-0.1, -0.05) is 0 Å². The van der Waals surface area contributed by atoms with Crippen LogP contribution in [0.2, 0.25) is 0 Å². The first-order chi connectivity index (χ1) is 4.83. The number of nitrogens with two attached hydrogens (primary N) is 1. The van der Waals surface area contributed by atoms with Crippen LogP contribution in [-0.4, -0.2) is 16.7 Å². The summed E-state index contributed by atoms with van der Waals surface area (Å²) in [6.45, 7) is 0.123. The Kier molecular flexibility index (Phi) is 2.53. The molecule has 0 amide bonds. The number of Topliss-reactive ketones (excluding diaryl/α,β-unsaturated/α-hetero) is 1. The molecule has 54 valence electrons. The summed E-state index contributed by atoms with van der Waals surface area (Å²) in [7, 11) is 0. The first kappa shape index (κ1) is 7.37. The van der Waals surface area contributed by atoms with Crippen molar-refractivity contribution >= 4 is 17.3 Å². The Balaban J connectivity index is 2.48. The maximum absolute atomic E-state index is 10.7. The van der Waals surface area contributed by atoms with Gasteiger partial charge in [-0.25, -0.2) is 4.37 Å². The van der Waals surface area contributed by atoms with Crippen LogP contribution < -0.4 is 5.73 Å². The predicted molar refractivity (Wildman–Crippen MR) is 39.9 cm³/mol. The van der Waals surface area contributed by atoms with E-state index in [1.165, 1.54) is 11.5 Å². The molecular formula is C6H8N2OS. The molecule has 1 aromatic heterocycles. The van der Waals surface area contributed by atoms with Gasteiger partial charge in [-0.3, -0.25) is 4.79 Å². The summed E-state index contributed by atoms with van der Waals surface area (Å²) in [4.78, 5) is 11.7. The molecule has 2 N–H and O–H groups in total. The first-order valence-electron chi connectivity index (χ1n) is 2.94. The van der Waals surface area contributed by atoms with Crippen molar-refractivity contribution in [3.8, 4) is 0 Å². The molecule has 0 radical (unpaired) electrons. The number of hydrogen-bond acceptors (Lipinski definition) is 4. The van der Waals surface area contributed by atoms with E-state index in [1.54, 1.807) is 6.20 Å². The minimum atomic E-state index is 0.0595. The lowest BCUT2D eigenvalue weighted by Gasteiger charge is -1.89. The van der Waals surface area contributed by atoms with Crippen LogP contribution >= 0.6 is 11.5 Å². The Morgan fingerprint density at radius 1 is 1.80 bits per heavy atom. The van der Waals surface area contributed by atoms with Crippen LogP contribution in [0.3, 0.4) is 0 Å². The standard InChI is InChI=1S/C6H8N2OS/c7-4-5(9)3-6-1-2-8-10-6/h1-2H,3-4,7H2. The fraction of sp³-hybridized carbons (Fsp3) is 0.333. The molecule has 4 heteroatoms. The van der Waals surface area contributed by atoms with Gasteiger partial charge in [0, 0.05) is 17.5 Å². The highest BCUT2D eigenvalue weighted by Gasteiger charge is 2.00. The second-order valence-electron chi connectivity index (χ2n) is 1.90. The molecule has 0 unspecified atom stereocenters. The molecule has 3 nitrogen and oxygen atoms in total. The highest BCUT2D eigenvalue weighted by Crippen LogP contribution is 2.04. The molecule has 1 aromatic rings. The SMILES string of the molecule is NCC(=O)Cc1ccns1. The maximum Gasteiger partial charge on any atom is 0.151 e. The van der Waals surface area contributed by atoms with Crippen molar-refractivity contribution in [1.29, 1.82) is 0 Å². The molecule has 0 aliphatic carbocycles. The summed E-state index contributed by atoms with van der Waals surface area (Å²) in [5.41, 5.74) is 5.12. The Bertz CT molecular complexity index is 208. The predicted octanol–water partition coefficient (Wildman–Crippen LogP) is 0.213. The largest absolute Gasteiger partial charge is 0.324 e. The molecule has 0 bridgehead atoms. The van der Waals surface area contributed by atoms with E-state index in [4.69, 9.17) is 5.73 Å². The fourth-order valence-electron chi connectivity index (χ4n) is 0.600. The monoisotopic (exact) mass is 156 g/mol. The van der Waals surface area contributed by atoms with Crippen molar-refractivity contribution in [3.63, 3.8) is 0 Å². The average molecular weight is 156 g/mol. The summed E-state index contributed by atoms with van der Waals surface area (Å²) in [6.07, 6.45) is 2.12. The summed E-state index contributed by atoms with van der Waals surface area (Å²) in [5, 5.41) is 0. The molecule has 1 heterocycles. The molecule has 10 heavy (non-hydrogen) atoms. The summed E-state index contributed by atoms with van der Waals surface area (Å²) in [6, 6.07) is 1.83. The minimum Gasteiger partial charge on any atom is -0.324 e. The van der Waals surface area contributed by atoms with Gasteiger partial charge in [0.2, 0.25) is 0 Å². The van der Waals surface area contributed by atoms with E-state index < -0.39 is 0 Å². The van der Waals surface area contributed by atoms with Gasteiger partial charge in [0.1, 0.15) is 0 Å². The van der Waals surface area contributed by atoms with Crippen molar-refractivity contribution in [2.24, 2.45) is 5.73 Å². The number of hydrogen-bond donors (Lipinski definition) is 1. The van der Waals surface area contributed by atoms with Crippen LogP contribution in [0.5, 0.6) is 0 Å². The van der Waals surface area contributed by atoms with Crippen LogP contribution in [0.15, 0.2) is 12.3 Å². The van der Waals surface area contributed by atoms with Gasteiger partial charge in [-0.15, -0.1) is 0 Å². The van der Waals surface area contributed by atoms with Gasteiger partial charge in [0.15, 0.2) is 5.78 Å². The van der Waals surface area contributed by atoms with Crippen molar-refractivity contribution in [3.05, 3.63) is 17.1 Å². The molecule has 0 aliphatic heterocycles. The Labute approximate surface area is 63.0 Å². The summed E-state index contributed by atoms with van der Waals surface area (Å²) >= 11 is 1.34. The number of nitrogens with zero attached hydrogens (tertiary/aromatic N) is 1. The van der Waals surface area contributed by atoms with E-state index in [1.807, 2.05) is 6.07 Å². The molecule has 0 aromatic carbocycles. The lowest BCUT2D eigenvalue weighted by molar-refractivity contribution is -0.117. The van der Waals surface area contributed by atoms with Crippen LogP contribution in [0, 0.1) is 0 Å². The van der Waals surface area contributed by atoms with Crippen molar-refractivity contribution in [2.45, 2.75) is 6.42 Å². The molecule has 0 spiro atoms. The van der Waals surface area contributed by atoms with Crippen LogP contribution in [0.1, 0.15) is 4.88 Å². The van der Waals surface area contributed by atoms with Gasteiger partial charge in [-0.2, -0.15) is 0 Å². The lowest BCUT2D eigenvalue weighted by Crippen LogP contribution is -2.14. The Hall–Kier alpha value is -0.740. The van der Waals surface area contributed by atoms with Gasteiger partial charge in [0.05, 0.1) is 6.54 Å². The molecular weight excluding hydrogens is 148 g/mol. The zero-order valence-electron chi connectivity index (χ0n) is 5.41. The maximum atomic E-state index is 10.7. The highest BCUT2D eigenvalue weighted by atomic mass is 32.1. The van der Waals surface area contributed by atoms with Crippen LogP contribution in [0.25, 0.3) is 0 Å². The first-order valence-corrected chi connectivity index (χ1v) is 3.71.